The van der Waals surface area contributed by atoms with Crippen molar-refractivity contribution in [3.05, 3.63) is 76.7 Å². The summed E-state index contributed by atoms with van der Waals surface area (Å²) in [5.74, 6) is 0.875. The third-order valence-corrected chi connectivity index (χ3v) is 5.52. The molecule has 0 saturated heterocycles. The van der Waals surface area contributed by atoms with Crippen molar-refractivity contribution in [1.29, 1.82) is 0 Å². The minimum Gasteiger partial charge on any atom is -0.497 e. The van der Waals surface area contributed by atoms with Gasteiger partial charge in [0.2, 0.25) is 0 Å². The first-order valence-corrected chi connectivity index (χ1v) is 8.00. The van der Waals surface area contributed by atoms with E-state index in [-0.39, 0.29) is 0 Å². The highest BCUT2D eigenvalue weighted by molar-refractivity contribution is 8.26. The summed E-state index contributed by atoms with van der Waals surface area (Å²) >= 11 is 5.96. The first-order chi connectivity index (χ1) is 9.78. The van der Waals surface area contributed by atoms with Crippen LogP contribution < -0.4 is 4.74 Å². The lowest BCUT2D eigenvalue weighted by atomic mass is 10.2. The van der Waals surface area contributed by atoms with Crippen LogP contribution in [0.2, 0.25) is 5.02 Å². The van der Waals surface area contributed by atoms with Crippen molar-refractivity contribution in [1.82, 2.24) is 0 Å². The van der Waals surface area contributed by atoms with E-state index in [0.717, 1.165) is 10.8 Å². The van der Waals surface area contributed by atoms with E-state index in [0.29, 0.717) is 0 Å². The fourth-order valence-electron chi connectivity index (χ4n) is 2.13. The maximum Gasteiger partial charge on any atom is 0.118 e. The van der Waals surface area contributed by atoms with Gasteiger partial charge in [-0.25, -0.2) is 0 Å². The second-order valence-electron chi connectivity index (χ2n) is 4.39. The fraction of sp³-hybridized carbons (Fsp3) is 0.0588. The lowest BCUT2D eigenvalue weighted by Gasteiger charge is -2.18. The van der Waals surface area contributed by atoms with Crippen LogP contribution in [0.4, 0.5) is 0 Å². The quantitative estimate of drug-likeness (QED) is 0.778. The van der Waals surface area contributed by atoms with E-state index in [4.69, 9.17) is 16.3 Å². The molecular weight excluding hydrogens is 288 g/mol. The van der Waals surface area contributed by atoms with Crippen molar-refractivity contribution in [2.45, 2.75) is 4.90 Å². The number of ether oxygens (including phenoxy) is 1. The number of benzene rings is 2. The summed E-state index contributed by atoms with van der Waals surface area (Å²) in [6.45, 7) is 0. The van der Waals surface area contributed by atoms with Gasteiger partial charge in [0, 0.05) is 15.3 Å². The van der Waals surface area contributed by atoms with E-state index in [1.165, 1.54) is 15.4 Å². The first-order valence-electron chi connectivity index (χ1n) is 6.28. The van der Waals surface area contributed by atoms with E-state index >= 15 is 0 Å². The van der Waals surface area contributed by atoms with Crippen molar-refractivity contribution in [2.24, 2.45) is 0 Å². The second-order valence-corrected chi connectivity index (χ2v) is 6.75. The van der Waals surface area contributed by atoms with Crippen LogP contribution in [0.5, 0.6) is 5.75 Å². The van der Waals surface area contributed by atoms with Gasteiger partial charge in [0.05, 0.1) is 7.11 Å². The van der Waals surface area contributed by atoms with E-state index in [1.54, 1.807) is 7.11 Å². The molecule has 101 valence electrons. The summed E-state index contributed by atoms with van der Waals surface area (Å²) in [7, 11) is 1.13. The Morgan fingerprint density at radius 1 is 1.00 bits per heavy atom. The van der Waals surface area contributed by atoms with Gasteiger partial charge in [0.25, 0.3) is 0 Å². The number of hydrogen-bond donors (Lipinski definition) is 1. The van der Waals surface area contributed by atoms with E-state index < -0.39 is 10.9 Å². The topological polar surface area (TPSA) is 9.23 Å². The largest absolute Gasteiger partial charge is 0.497 e. The zero-order chi connectivity index (χ0) is 13.9. The van der Waals surface area contributed by atoms with E-state index in [9.17, 15) is 0 Å². The molecule has 1 unspecified atom stereocenters. The van der Waals surface area contributed by atoms with Crippen LogP contribution in [0.3, 0.4) is 0 Å². The summed E-state index contributed by atoms with van der Waals surface area (Å²) in [4.78, 5) is 2.57. The standard InChI is InChI=1S/C17H14ClOS/c1-19-15-8-4-13(5-9-15)17-3-2-12-20(17)16-10-6-14(18)7-11-16/h2-11,20H,1H3. The molecule has 0 saturated carbocycles. The van der Waals surface area contributed by atoms with Gasteiger partial charge in [0.15, 0.2) is 0 Å². The van der Waals surface area contributed by atoms with Crippen LogP contribution in [0, 0.1) is 5.41 Å². The minimum atomic E-state index is -0.550. The maximum atomic E-state index is 5.96. The Balaban J connectivity index is 1.91. The molecule has 0 spiro atoms. The average molecular weight is 302 g/mol. The summed E-state index contributed by atoms with van der Waals surface area (Å²) in [5.41, 5.74) is 1.22. The third-order valence-electron chi connectivity index (χ3n) is 3.16. The first kappa shape index (κ1) is 13.3. The Morgan fingerprint density at radius 3 is 2.35 bits per heavy atom. The molecule has 0 amide bonds. The normalized spacial score (nSPS) is 18.9. The summed E-state index contributed by atoms with van der Waals surface area (Å²) in [5, 5.41) is 4.21. The highest BCUT2D eigenvalue weighted by Crippen LogP contribution is 2.52. The van der Waals surface area contributed by atoms with Crippen LogP contribution in [0.15, 0.2) is 65.6 Å². The van der Waals surface area contributed by atoms with Crippen molar-refractivity contribution in [3.63, 3.8) is 0 Å². The molecule has 1 aliphatic rings. The number of hydrogen-bond acceptors (Lipinski definition) is 1. The SMILES string of the molecule is COc1ccc(C2=CC=[C][SH]2c2ccc(Cl)cc2)cc1. The van der Waals surface area contributed by atoms with Gasteiger partial charge in [0.1, 0.15) is 5.75 Å². The molecule has 0 aliphatic carbocycles. The van der Waals surface area contributed by atoms with Crippen molar-refractivity contribution < 1.29 is 4.74 Å². The molecule has 0 N–H and O–H groups in total. The predicted molar refractivity (Wildman–Crippen MR) is 87.5 cm³/mol. The van der Waals surface area contributed by atoms with Gasteiger partial charge < -0.3 is 4.74 Å². The van der Waals surface area contributed by atoms with Gasteiger partial charge in [-0.15, -0.1) is 0 Å². The van der Waals surface area contributed by atoms with Crippen LogP contribution in [0.1, 0.15) is 5.56 Å². The van der Waals surface area contributed by atoms with Crippen LogP contribution in [0.25, 0.3) is 4.91 Å². The molecule has 3 rings (SSSR count). The molecule has 20 heavy (non-hydrogen) atoms. The Hall–Kier alpha value is -1.64. The molecule has 0 aromatic heterocycles. The minimum absolute atomic E-state index is 0.550. The monoisotopic (exact) mass is 301 g/mol. The predicted octanol–water partition coefficient (Wildman–Crippen LogP) is 5.08. The van der Waals surface area contributed by atoms with E-state index in [2.05, 4.69) is 35.7 Å². The number of methoxy groups -OCH3 is 1. The molecule has 1 aliphatic heterocycles. The lowest BCUT2D eigenvalue weighted by Crippen LogP contribution is -1.87. The Kier molecular flexibility index (Phi) is 3.86. The number of allylic oxidation sites excluding steroid dienone is 2. The number of thiol groups is 1. The van der Waals surface area contributed by atoms with Gasteiger partial charge in [-0.3, -0.25) is 0 Å². The van der Waals surface area contributed by atoms with Crippen LogP contribution in [-0.4, -0.2) is 7.11 Å². The lowest BCUT2D eigenvalue weighted by molar-refractivity contribution is 0.415. The fourth-order valence-corrected chi connectivity index (χ4v) is 4.12. The van der Waals surface area contributed by atoms with E-state index in [1.807, 2.05) is 30.3 Å². The molecule has 2 aromatic rings. The van der Waals surface area contributed by atoms with Crippen molar-refractivity contribution >= 4 is 27.4 Å². The second kappa shape index (κ2) is 5.78. The smallest absolute Gasteiger partial charge is 0.118 e. The van der Waals surface area contributed by atoms with Gasteiger partial charge in [-0.1, -0.05) is 23.7 Å². The summed E-state index contributed by atoms with van der Waals surface area (Å²) in [6, 6.07) is 16.2. The summed E-state index contributed by atoms with van der Waals surface area (Å²) in [6.07, 6.45) is 4.15. The Labute approximate surface area is 126 Å². The highest BCUT2D eigenvalue weighted by Gasteiger charge is 2.15. The summed E-state index contributed by atoms with van der Waals surface area (Å²) < 4.78 is 5.20. The Morgan fingerprint density at radius 2 is 1.70 bits per heavy atom. The van der Waals surface area contributed by atoms with Crippen LogP contribution >= 0.6 is 22.5 Å². The maximum absolute atomic E-state index is 5.96. The molecule has 2 aromatic carbocycles. The van der Waals surface area contributed by atoms with Gasteiger partial charge in [-0.2, -0.15) is 10.9 Å². The van der Waals surface area contributed by atoms with Gasteiger partial charge in [-0.05, 0) is 59.0 Å². The zero-order valence-corrected chi connectivity index (χ0v) is 12.7. The van der Waals surface area contributed by atoms with Crippen LogP contribution in [-0.2, 0) is 0 Å². The molecule has 1 nitrogen and oxygen atoms in total. The zero-order valence-electron chi connectivity index (χ0n) is 11.0. The number of rotatable bonds is 3. The Bertz CT molecular complexity index is 656. The molecule has 3 heteroatoms. The highest BCUT2D eigenvalue weighted by atomic mass is 35.5. The molecule has 1 atom stereocenters. The molecular formula is C17H14ClOS. The molecule has 1 heterocycles. The molecule has 0 bridgehead atoms. The van der Waals surface area contributed by atoms with Crippen molar-refractivity contribution in [3.8, 4) is 5.75 Å². The average Bonchev–Trinajstić information content (AvgIpc) is 2.97. The third kappa shape index (κ3) is 2.62. The molecule has 0 fully saturated rings. The number of halogens is 1. The van der Waals surface area contributed by atoms with Crippen molar-refractivity contribution in [2.75, 3.05) is 7.11 Å². The molecule has 1 radical (unpaired) electrons. The van der Waals surface area contributed by atoms with Gasteiger partial charge >= 0.3 is 0 Å².